The number of methoxy groups -OCH3 is 1. The van der Waals surface area contributed by atoms with Crippen LogP contribution in [0.25, 0.3) is 0 Å². The van der Waals surface area contributed by atoms with Crippen molar-refractivity contribution in [3.63, 3.8) is 0 Å². The summed E-state index contributed by atoms with van der Waals surface area (Å²) in [5, 5.41) is 8.81. The van der Waals surface area contributed by atoms with Crippen LogP contribution in [-0.4, -0.2) is 32.5 Å². The summed E-state index contributed by atoms with van der Waals surface area (Å²) in [6.07, 6.45) is 4.75. The molecule has 1 atom stereocenters. The first-order valence-corrected chi connectivity index (χ1v) is 8.65. The molecule has 1 aliphatic heterocycles. The van der Waals surface area contributed by atoms with Crippen LogP contribution in [0.15, 0.2) is 24.3 Å². The summed E-state index contributed by atoms with van der Waals surface area (Å²) >= 11 is 0. The zero-order valence-corrected chi connectivity index (χ0v) is 14.1. The molecule has 1 saturated heterocycles. The van der Waals surface area contributed by atoms with Gasteiger partial charge in [0.1, 0.15) is 6.10 Å². The highest BCUT2D eigenvalue weighted by Crippen LogP contribution is 2.37. The minimum Gasteiger partial charge on any atom is -0.441 e. The van der Waals surface area contributed by atoms with Crippen LogP contribution >= 0.6 is 0 Å². The summed E-state index contributed by atoms with van der Waals surface area (Å²) in [5.41, 5.74) is 2.20. The molecule has 0 aromatic heterocycles. The molecule has 0 radical (unpaired) electrons. The highest BCUT2D eigenvalue weighted by molar-refractivity contribution is 5.89. The lowest BCUT2D eigenvalue weighted by Gasteiger charge is -2.27. The number of nitrogens with zero attached hydrogens (tertiary/aromatic N) is 2. The lowest BCUT2D eigenvalue weighted by Crippen LogP contribution is -2.25. The Bertz CT molecular complexity index is 600. The van der Waals surface area contributed by atoms with E-state index in [0.29, 0.717) is 31.4 Å². The summed E-state index contributed by atoms with van der Waals surface area (Å²) in [6, 6.07) is 10.6. The van der Waals surface area contributed by atoms with Crippen LogP contribution in [0.1, 0.15) is 43.6 Å². The Hall–Kier alpha value is -2.06. The van der Waals surface area contributed by atoms with Gasteiger partial charge in [-0.15, -0.1) is 0 Å². The van der Waals surface area contributed by atoms with Crippen molar-refractivity contribution >= 4 is 11.8 Å². The molecule has 5 nitrogen and oxygen atoms in total. The lowest BCUT2D eigenvalue weighted by atomic mass is 9.78. The van der Waals surface area contributed by atoms with Gasteiger partial charge in [0.25, 0.3) is 0 Å². The van der Waals surface area contributed by atoms with E-state index in [-0.39, 0.29) is 12.2 Å². The minimum atomic E-state index is -0.304. The Morgan fingerprint density at radius 1 is 1.25 bits per heavy atom. The van der Waals surface area contributed by atoms with Gasteiger partial charge in [-0.3, -0.25) is 4.90 Å². The third-order valence-electron chi connectivity index (χ3n) is 5.13. The number of benzene rings is 1. The fourth-order valence-electron chi connectivity index (χ4n) is 3.76. The van der Waals surface area contributed by atoms with Crippen molar-refractivity contribution < 1.29 is 14.3 Å². The zero-order chi connectivity index (χ0) is 16.9. The molecule has 5 heteroatoms. The van der Waals surface area contributed by atoms with E-state index in [1.165, 1.54) is 5.56 Å². The van der Waals surface area contributed by atoms with Crippen molar-refractivity contribution in [2.75, 3.05) is 25.2 Å². The van der Waals surface area contributed by atoms with Crippen molar-refractivity contribution in [2.45, 2.75) is 44.1 Å². The first-order valence-electron chi connectivity index (χ1n) is 8.65. The molecule has 0 bridgehead atoms. The quantitative estimate of drug-likeness (QED) is 0.823. The maximum atomic E-state index is 12.0. The van der Waals surface area contributed by atoms with E-state index in [1.807, 2.05) is 12.1 Å². The van der Waals surface area contributed by atoms with Gasteiger partial charge in [0.15, 0.2) is 0 Å². The highest BCUT2D eigenvalue weighted by atomic mass is 16.6. The van der Waals surface area contributed by atoms with E-state index < -0.39 is 0 Å². The first kappa shape index (κ1) is 16.8. The number of hydrogen-bond acceptors (Lipinski definition) is 4. The van der Waals surface area contributed by atoms with Crippen LogP contribution in [0.2, 0.25) is 0 Å². The van der Waals surface area contributed by atoms with E-state index in [1.54, 1.807) is 12.0 Å². The summed E-state index contributed by atoms with van der Waals surface area (Å²) < 4.78 is 10.3. The molecule has 24 heavy (non-hydrogen) atoms. The SMILES string of the molecule is COCC1CN(c2ccc(C3CCC(CC#N)CC3)cc2)C(=O)O1. The monoisotopic (exact) mass is 328 g/mol. The van der Waals surface area contributed by atoms with Gasteiger partial charge in [0.05, 0.1) is 19.2 Å². The normalized spacial score (nSPS) is 26.9. The molecule has 1 saturated carbocycles. The number of rotatable bonds is 5. The smallest absolute Gasteiger partial charge is 0.414 e. The molecule has 1 unspecified atom stereocenters. The first-order chi connectivity index (χ1) is 11.7. The van der Waals surface area contributed by atoms with E-state index in [9.17, 15) is 4.79 Å². The Labute approximate surface area is 143 Å². The minimum absolute atomic E-state index is 0.197. The maximum Gasteiger partial charge on any atom is 0.414 e. The van der Waals surface area contributed by atoms with E-state index >= 15 is 0 Å². The summed E-state index contributed by atoms with van der Waals surface area (Å²) in [6.45, 7) is 0.956. The molecule has 1 aromatic carbocycles. The third-order valence-corrected chi connectivity index (χ3v) is 5.13. The highest BCUT2D eigenvalue weighted by Gasteiger charge is 2.32. The standard InChI is InChI=1S/C19H24N2O3/c1-23-13-18-12-21(19(22)24-18)17-8-6-16(7-9-17)15-4-2-14(3-5-15)10-11-20/h6-9,14-15,18H,2-5,10,12-13H2,1H3. The Balaban J connectivity index is 1.60. The number of anilines is 1. The topological polar surface area (TPSA) is 62.6 Å². The van der Waals surface area contributed by atoms with Crippen molar-refractivity contribution in [1.29, 1.82) is 5.26 Å². The van der Waals surface area contributed by atoms with Crippen molar-refractivity contribution in [3.8, 4) is 6.07 Å². The number of ether oxygens (including phenoxy) is 2. The zero-order valence-electron chi connectivity index (χ0n) is 14.1. The molecule has 0 N–H and O–H groups in total. The molecular weight excluding hydrogens is 304 g/mol. The van der Waals surface area contributed by atoms with Gasteiger partial charge in [-0.05, 0) is 55.2 Å². The van der Waals surface area contributed by atoms with Crippen molar-refractivity contribution in [3.05, 3.63) is 29.8 Å². The summed E-state index contributed by atoms with van der Waals surface area (Å²) in [5.74, 6) is 1.14. The average molecular weight is 328 g/mol. The fourth-order valence-corrected chi connectivity index (χ4v) is 3.76. The van der Waals surface area contributed by atoms with Gasteiger partial charge in [-0.2, -0.15) is 5.26 Å². The number of hydrogen-bond donors (Lipinski definition) is 0. The number of carbonyl (C=O) groups is 1. The van der Waals surface area contributed by atoms with Gasteiger partial charge >= 0.3 is 6.09 Å². The van der Waals surface area contributed by atoms with Crippen LogP contribution in [0, 0.1) is 17.2 Å². The van der Waals surface area contributed by atoms with Crippen LogP contribution in [-0.2, 0) is 9.47 Å². The molecule has 3 rings (SSSR count). The number of carbonyl (C=O) groups excluding carboxylic acids is 1. The lowest BCUT2D eigenvalue weighted by molar-refractivity contribution is 0.0718. The number of nitriles is 1. The van der Waals surface area contributed by atoms with Gasteiger partial charge in [0, 0.05) is 19.2 Å². The Morgan fingerprint density at radius 3 is 2.58 bits per heavy atom. The fraction of sp³-hybridized carbons (Fsp3) is 0.579. The second-order valence-electron chi connectivity index (χ2n) is 6.74. The predicted octanol–water partition coefficient (Wildman–Crippen LogP) is 3.85. The van der Waals surface area contributed by atoms with Gasteiger partial charge in [-0.1, -0.05) is 12.1 Å². The van der Waals surface area contributed by atoms with Crippen molar-refractivity contribution in [2.24, 2.45) is 5.92 Å². The predicted molar refractivity (Wildman–Crippen MR) is 90.9 cm³/mol. The maximum absolute atomic E-state index is 12.0. The van der Waals surface area contributed by atoms with Crippen LogP contribution in [0.5, 0.6) is 0 Å². The number of cyclic esters (lactones) is 1. The van der Waals surface area contributed by atoms with Crippen LogP contribution in [0.4, 0.5) is 10.5 Å². The Morgan fingerprint density at radius 2 is 1.96 bits per heavy atom. The Kier molecular flexibility index (Phi) is 5.37. The molecule has 0 spiro atoms. The van der Waals surface area contributed by atoms with Gasteiger partial charge < -0.3 is 9.47 Å². The second-order valence-corrected chi connectivity index (χ2v) is 6.74. The van der Waals surface area contributed by atoms with Crippen molar-refractivity contribution in [1.82, 2.24) is 0 Å². The molecule has 128 valence electrons. The molecule has 1 amide bonds. The van der Waals surface area contributed by atoms with E-state index in [0.717, 1.165) is 31.4 Å². The molecule has 1 aliphatic carbocycles. The van der Waals surface area contributed by atoms with Gasteiger partial charge in [-0.25, -0.2) is 4.79 Å². The molecular formula is C19H24N2O3. The van der Waals surface area contributed by atoms with Crippen LogP contribution < -0.4 is 4.90 Å². The number of amides is 1. The summed E-state index contributed by atoms with van der Waals surface area (Å²) in [4.78, 5) is 13.6. The second kappa shape index (κ2) is 7.67. The molecule has 2 aliphatic rings. The molecule has 2 fully saturated rings. The van der Waals surface area contributed by atoms with E-state index in [2.05, 4.69) is 18.2 Å². The van der Waals surface area contributed by atoms with E-state index in [4.69, 9.17) is 14.7 Å². The van der Waals surface area contributed by atoms with Crippen LogP contribution in [0.3, 0.4) is 0 Å². The summed E-state index contributed by atoms with van der Waals surface area (Å²) in [7, 11) is 1.61. The van der Waals surface area contributed by atoms with Gasteiger partial charge in [0.2, 0.25) is 0 Å². The average Bonchev–Trinajstić information content (AvgIpc) is 2.97. The molecule has 1 aromatic rings. The third kappa shape index (κ3) is 3.70. The molecule has 1 heterocycles. The largest absolute Gasteiger partial charge is 0.441 e.